The van der Waals surface area contributed by atoms with E-state index in [1.807, 2.05) is 0 Å². The lowest BCUT2D eigenvalue weighted by atomic mass is 10.2. The summed E-state index contributed by atoms with van der Waals surface area (Å²) in [7, 11) is -0.575. The average molecular weight is 318 g/mol. The lowest BCUT2D eigenvalue weighted by molar-refractivity contribution is 0.153. The SMILES string of the molecule is CC(C[Si](C)(C)C)(C(O)([Si])[Si](C)(C)C)[Si](C)(C)C. The van der Waals surface area contributed by atoms with Gasteiger partial charge in [0.1, 0.15) is 0 Å². The molecule has 0 spiro atoms. The fourth-order valence-corrected chi connectivity index (χ4v) is 15.6. The second-order valence-corrected chi connectivity index (χ2v) is 26.8. The lowest BCUT2D eigenvalue weighted by Gasteiger charge is -2.57. The first-order valence-electron chi connectivity index (χ1n) is 6.93. The molecule has 0 saturated carbocycles. The van der Waals surface area contributed by atoms with Gasteiger partial charge < -0.3 is 5.11 Å². The largest absolute Gasteiger partial charge is 0.397 e. The van der Waals surface area contributed by atoms with Crippen LogP contribution in [0, 0.1) is 0 Å². The third kappa shape index (κ3) is 3.68. The minimum Gasteiger partial charge on any atom is -0.397 e. The molecule has 18 heavy (non-hydrogen) atoms. The first-order chi connectivity index (χ1) is 7.46. The normalized spacial score (nSPS) is 21.3. The maximum atomic E-state index is 11.3. The molecule has 0 heterocycles. The van der Waals surface area contributed by atoms with Crippen LogP contribution in [0.4, 0.5) is 0 Å². The highest BCUT2D eigenvalue weighted by atomic mass is 28.4. The molecule has 1 nitrogen and oxygen atoms in total. The van der Waals surface area contributed by atoms with Gasteiger partial charge in [0.2, 0.25) is 0 Å². The second-order valence-electron chi connectivity index (χ2n) is 9.28. The molecule has 3 radical (unpaired) electrons. The van der Waals surface area contributed by atoms with Gasteiger partial charge in [0, 0.05) is 12.9 Å². The van der Waals surface area contributed by atoms with Crippen molar-refractivity contribution in [3.8, 4) is 0 Å². The van der Waals surface area contributed by atoms with E-state index in [2.05, 4.69) is 76.1 Å². The van der Waals surface area contributed by atoms with Crippen molar-refractivity contribution >= 4 is 34.5 Å². The smallest absolute Gasteiger partial charge is 0.0772 e. The Morgan fingerprint density at radius 2 is 1.17 bits per heavy atom. The van der Waals surface area contributed by atoms with E-state index in [1.165, 1.54) is 6.04 Å². The quantitative estimate of drug-likeness (QED) is 0.755. The van der Waals surface area contributed by atoms with Crippen LogP contribution in [-0.4, -0.2) is 44.4 Å². The van der Waals surface area contributed by atoms with Crippen molar-refractivity contribution in [1.29, 1.82) is 0 Å². The van der Waals surface area contributed by atoms with Crippen LogP contribution >= 0.6 is 0 Å². The van der Waals surface area contributed by atoms with Gasteiger partial charge in [-0.25, -0.2) is 0 Å². The maximum Gasteiger partial charge on any atom is 0.0772 e. The van der Waals surface area contributed by atoms with Gasteiger partial charge in [0.25, 0.3) is 0 Å². The molecule has 0 bridgehead atoms. The molecular weight excluding hydrogens is 284 g/mol. The highest BCUT2D eigenvalue weighted by Gasteiger charge is 2.58. The van der Waals surface area contributed by atoms with Gasteiger partial charge in [-0.15, -0.1) is 0 Å². The van der Waals surface area contributed by atoms with Gasteiger partial charge in [0.15, 0.2) is 0 Å². The first kappa shape index (κ1) is 18.8. The fourth-order valence-electron chi connectivity index (χ4n) is 2.82. The van der Waals surface area contributed by atoms with E-state index in [4.69, 9.17) is 0 Å². The zero-order valence-corrected chi connectivity index (χ0v) is 18.2. The summed E-state index contributed by atoms with van der Waals surface area (Å²) in [5.41, 5.74) is 0. The van der Waals surface area contributed by atoms with Crippen LogP contribution in [0.25, 0.3) is 0 Å². The van der Waals surface area contributed by atoms with E-state index in [1.54, 1.807) is 0 Å². The Balaban J connectivity index is 5.81. The minimum absolute atomic E-state index is 0.0336. The van der Waals surface area contributed by atoms with Crippen molar-refractivity contribution in [3.63, 3.8) is 0 Å². The molecule has 0 aromatic rings. The van der Waals surface area contributed by atoms with E-state index >= 15 is 0 Å². The standard InChI is InChI=1S/C13H33OSi4/c1-12(17(5,6)7,11-16(2,3)4)13(14,15)18(8,9)10/h14H,11H2,1-10H3. The fraction of sp³-hybridized carbons (Fsp3) is 1.00. The molecule has 0 saturated heterocycles. The molecule has 0 amide bonds. The van der Waals surface area contributed by atoms with Gasteiger partial charge in [-0.2, -0.15) is 0 Å². The molecule has 0 aliphatic carbocycles. The van der Waals surface area contributed by atoms with Gasteiger partial charge in [0.05, 0.1) is 26.4 Å². The maximum absolute atomic E-state index is 11.3. The third-order valence-electron chi connectivity index (χ3n) is 4.42. The van der Waals surface area contributed by atoms with Crippen LogP contribution in [0.15, 0.2) is 0 Å². The van der Waals surface area contributed by atoms with E-state index in [0.29, 0.717) is 0 Å². The number of rotatable bonds is 5. The Labute approximate surface area is 121 Å². The molecule has 0 aromatic heterocycles. The Hall–Kier alpha value is 0.828. The predicted molar refractivity (Wildman–Crippen MR) is 93.9 cm³/mol. The predicted octanol–water partition coefficient (Wildman–Crippen LogP) is 4.16. The number of hydrogen-bond donors (Lipinski definition) is 1. The highest BCUT2D eigenvalue weighted by molar-refractivity contribution is 6.91. The second kappa shape index (κ2) is 4.98. The van der Waals surface area contributed by atoms with Crippen molar-refractivity contribution in [3.05, 3.63) is 0 Å². The Morgan fingerprint density at radius 1 is 0.833 bits per heavy atom. The minimum atomic E-state index is -1.70. The van der Waals surface area contributed by atoms with Crippen LogP contribution in [0.1, 0.15) is 6.92 Å². The Bertz CT molecular complexity index is 294. The van der Waals surface area contributed by atoms with Crippen molar-refractivity contribution < 1.29 is 5.11 Å². The summed E-state index contributed by atoms with van der Waals surface area (Å²) in [6, 6.07) is 1.19. The van der Waals surface area contributed by atoms with Crippen LogP contribution in [0.5, 0.6) is 0 Å². The van der Waals surface area contributed by atoms with Crippen molar-refractivity contribution in [2.24, 2.45) is 0 Å². The van der Waals surface area contributed by atoms with Crippen LogP contribution in [0.2, 0.25) is 70.0 Å². The Morgan fingerprint density at radius 3 is 1.33 bits per heavy atom. The number of aliphatic hydroxyl groups is 1. The molecule has 5 heteroatoms. The third-order valence-corrected chi connectivity index (χ3v) is 16.4. The van der Waals surface area contributed by atoms with E-state index in [0.717, 1.165) is 0 Å². The summed E-state index contributed by atoms with van der Waals surface area (Å²) in [5.74, 6) is 0. The average Bonchev–Trinajstić information content (AvgIpc) is 1.95. The summed E-state index contributed by atoms with van der Waals surface area (Å²) >= 11 is 0. The Kier molecular flexibility index (Phi) is 5.21. The molecule has 0 rings (SSSR count). The monoisotopic (exact) mass is 317 g/mol. The topological polar surface area (TPSA) is 20.2 Å². The van der Waals surface area contributed by atoms with Crippen LogP contribution in [-0.2, 0) is 0 Å². The van der Waals surface area contributed by atoms with Crippen LogP contribution < -0.4 is 0 Å². The summed E-state index contributed by atoms with van der Waals surface area (Å²) in [6.07, 6.45) is 0. The molecule has 0 aromatic carbocycles. The van der Waals surface area contributed by atoms with Gasteiger partial charge in [-0.3, -0.25) is 0 Å². The molecule has 2 unspecified atom stereocenters. The van der Waals surface area contributed by atoms with Gasteiger partial charge in [-0.05, 0) is 5.04 Å². The molecular formula is C13H33OSi4. The molecule has 107 valence electrons. The van der Waals surface area contributed by atoms with E-state index in [-0.39, 0.29) is 5.04 Å². The zero-order chi connectivity index (χ0) is 15.2. The van der Waals surface area contributed by atoms with Crippen molar-refractivity contribution in [1.82, 2.24) is 0 Å². The zero-order valence-electron chi connectivity index (χ0n) is 14.2. The van der Waals surface area contributed by atoms with Gasteiger partial charge in [-0.1, -0.05) is 71.9 Å². The van der Waals surface area contributed by atoms with Crippen molar-refractivity contribution in [2.75, 3.05) is 0 Å². The van der Waals surface area contributed by atoms with Crippen LogP contribution in [0.3, 0.4) is 0 Å². The molecule has 1 N–H and O–H groups in total. The number of hydrogen-bond acceptors (Lipinski definition) is 1. The molecule has 0 aliphatic rings. The molecule has 2 atom stereocenters. The van der Waals surface area contributed by atoms with E-state index in [9.17, 15) is 5.11 Å². The molecule has 0 aliphatic heterocycles. The van der Waals surface area contributed by atoms with Gasteiger partial charge >= 0.3 is 0 Å². The summed E-state index contributed by atoms with van der Waals surface area (Å²) < 4.78 is 0. The summed E-state index contributed by atoms with van der Waals surface area (Å²) in [6.45, 7) is 23.6. The summed E-state index contributed by atoms with van der Waals surface area (Å²) in [5, 5.41) is 11.3. The van der Waals surface area contributed by atoms with E-state index < -0.39 is 29.1 Å². The lowest BCUT2D eigenvalue weighted by Crippen LogP contribution is -2.67. The summed E-state index contributed by atoms with van der Waals surface area (Å²) in [4.78, 5) is -0.676. The highest BCUT2D eigenvalue weighted by Crippen LogP contribution is 2.54. The molecule has 0 fully saturated rings. The van der Waals surface area contributed by atoms with Crippen molar-refractivity contribution in [2.45, 2.75) is 81.8 Å². The first-order valence-corrected chi connectivity index (χ1v) is 18.1.